The van der Waals surface area contributed by atoms with E-state index in [0.29, 0.717) is 0 Å². The van der Waals surface area contributed by atoms with Crippen molar-refractivity contribution in [2.75, 3.05) is 25.1 Å². The zero-order valence-corrected chi connectivity index (χ0v) is 14.6. The van der Waals surface area contributed by atoms with Crippen LogP contribution in [0.25, 0.3) is 0 Å². The molecular weight excluding hydrogens is 370 g/mol. The van der Waals surface area contributed by atoms with Crippen LogP contribution in [0.4, 0.5) is 23.0 Å². The molecule has 0 saturated heterocycles. The highest BCUT2D eigenvalue weighted by Crippen LogP contribution is 2.32. The van der Waals surface area contributed by atoms with Crippen LogP contribution in [-0.4, -0.2) is 52.9 Å². The van der Waals surface area contributed by atoms with E-state index in [4.69, 9.17) is 4.55 Å². The maximum atomic E-state index is 11.3. The highest BCUT2D eigenvalue weighted by molar-refractivity contribution is 7.80. The monoisotopic (exact) mass is 385 g/mol. The van der Waals surface area contributed by atoms with Crippen molar-refractivity contribution in [3.05, 3.63) is 34.6 Å². The Labute approximate surface area is 148 Å². The molecule has 1 heterocycles. The van der Waals surface area contributed by atoms with E-state index >= 15 is 0 Å². The summed E-state index contributed by atoms with van der Waals surface area (Å²) in [6.07, 6.45) is 1.43. The van der Waals surface area contributed by atoms with Gasteiger partial charge in [0.25, 0.3) is 11.6 Å². The number of hydrogen-bond donors (Lipinski definition) is 1. The molecule has 1 aromatic heterocycles. The number of benzene rings is 1. The van der Waals surface area contributed by atoms with Gasteiger partial charge in [-0.1, -0.05) is 0 Å². The van der Waals surface area contributed by atoms with Gasteiger partial charge in [-0.2, -0.15) is 8.42 Å². The first kappa shape index (κ1) is 19.4. The standard InChI is InChI=1S/C12H15N7O6S/c1-17(5-6-25-26(22,23)24)10-4-3-9(7-11(10)19(20)21)14-16-12-15-13-8-18(12)2/h3-4,7-8H,5-6H2,1-2H3,(H,22,23,24). The van der Waals surface area contributed by atoms with Gasteiger partial charge in [0, 0.05) is 26.7 Å². The Kier molecular flexibility index (Phi) is 5.91. The van der Waals surface area contributed by atoms with Crippen molar-refractivity contribution >= 4 is 33.4 Å². The van der Waals surface area contributed by atoms with Gasteiger partial charge in [-0.05, 0) is 12.1 Å². The maximum Gasteiger partial charge on any atom is 0.397 e. The van der Waals surface area contributed by atoms with Gasteiger partial charge in [0.15, 0.2) is 0 Å². The predicted octanol–water partition coefficient (Wildman–Crippen LogP) is 1.39. The Morgan fingerprint density at radius 3 is 2.73 bits per heavy atom. The molecule has 0 unspecified atom stereocenters. The number of hydrogen-bond acceptors (Lipinski definition) is 10. The Morgan fingerprint density at radius 1 is 1.42 bits per heavy atom. The third kappa shape index (κ3) is 5.27. The van der Waals surface area contributed by atoms with E-state index in [-0.39, 0.29) is 36.2 Å². The number of azo groups is 1. The molecular formula is C12H15N7O6S. The molecule has 0 spiro atoms. The molecule has 14 heteroatoms. The minimum Gasteiger partial charge on any atom is -0.367 e. The number of likely N-dealkylation sites (N-methyl/N-ethyl adjacent to an activating group) is 1. The second-order valence-electron chi connectivity index (χ2n) is 5.04. The lowest BCUT2D eigenvalue weighted by Crippen LogP contribution is -2.24. The molecule has 26 heavy (non-hydrogen) atoms. The quantitative estimate of drug-likeness (QED) is 0.306. The summed E-state index contributed by atoms with van der Waals surface area (Å²) in [5.74, 6) is 0.233. The number of anilines is 1. The summed E-state index contributed by atoms with van der Waals surface area (Å²) in [5, 5.41) is 26.4. The SMILES string of the molecule is CN(CCOS(=O)(=O)O)c1ccc(N=Nc2nncn2C)cc1[N+](=O)[O-]. The fraction of sp³-hybridized carbons (Fsp3) is 0.333. The summed E-state index contributed by atoms with van der Waals surface area (Å²) >= 11 is 0. The molecule has 1 N–H and O–H groups in total. The van der Waals surface area contributed by atoms with Crippen molar-refractivity contribution in [2.24, 2.45) is 17.3 Å². The van der Waals surface area contributed by atoms with E-state index in [0.717, 1.165) is 0 Å². The summed E-state index contributed by atoms with van der Waals surface area (Å²) in [5.41, 5.74) is 0.186. The summed E-state index contributed by atoms with van der Waals surface area (Å²) in [4.78, 5) is 12.1. The van der Waals surface area contributed by atoms with Crippen LogP contribution in [0, 0.1) is 10.1 Å². The number of aromatic nitrogens is 3. The highest BCUT2D eigenvalue weighted by Gasteiger charge is 2.18. The molecule has 0 aliphatic carbocycles. The lowest BCUT2D eigenvalue weighted by atomic mass is 10.2. The van der Waals surface area contributed by atoms with Crippen molar-refractivity contribution in [1.82, 2.24) is 14.8 Å². The number of rotatable bonds is 8. The number of nitrogens with zero attached hydrogens (tertiary/aromatic N) is 7. The van der Waals surface area contributed by atoms with Crippen molar-refractivity contribution in [3.63, 3.8) is 0 Å². The fourth-order valence-corrected chi connectivity index (χ4v) is 2.20. The van der Waals surface area contributed by atoms with Crippen LogP contribution >= 0.6 is 0 Å². The minimum atomic E-state index is -4.57. The zero-order chi connectivity index (χ0) is 19.3. The molecule has 140 valence electrons. The third-order valence-electron chi connectivity index (χ3n) is 3.17. The van der Waals surface area contributed by atoms with Crippen molar-refractivity contribution in [1.29, 1.82) is 0 Å². The molecule has 0 amide bonds. The highest BCUT2D eigenvalue weighted by atomic mass is 32.3. The Bertz CT molecular complexity index is 926. The molecule has 1 aromatic carbocycles. The molecule has 0 aliphatic rings. The predicted molar refractivity (Wildman–Crippen MR) is 89.0 cm³/mol. The van der Waals surface area contributed by atoms with Crippen molar-refractivity contribution in [2.45, 2.75) is 0 Å². The summed E-state index contributed by atoms with van der Waals surface area (Å²) in [6, 6.07) is 4.16. The fourth-order valence-electron chi connectivity index (χ4n) is 1.91. The Morgan fingerprint density at radius 2 is 2.15 bits per heavy atom. The molecule has 0 bridgehead atoms. The molecule has 0 radical (unpaired) electrons. The first-order valence-electron chi connectivity index (χ1n) is 7.04. The normalized spacial score (nSPS) is 11.8. The molecule has 2 aromatic rings. The Hall–Kier alpha value is -2.97. The number of aryl methyl sites for hydroxylation is 1. The van der Waals surface area contributed by atoms with Gasteiger partial charge in [0.05, 0.1) is 17.2 Å². The van der Waals surface area contributed by atoms with E-state index < -0.39 is 15.3 Å². The minimum absolute atomic E-state index is 0.0135. The zero-order valence-electron chi connectivity index (χ0n) is 13.8. The topological polar surface area (TPSA) is 165 Å². The van der Waals surface area contributed by atoms with E-state index in [9.17, 15) is 18.5 Å². The van der Waals surface area contributed by atoms with E-state index in [2.05, 4.69) is 24.6 Å². The Balaban J connectivity index is 2.19. The van der Waals surface area contributed by atoms with Gasteiger partial charge in [0.1, 0.15) is 12.0 Å². The van der Waals surface area contributed by atoms with Gasteiger partial charge in [0.2, 0.25) is 0 Å². The largest absolute Gasteiger partial charge is 0.397 e. The second kappa shape index (κ2) is 7.94. The average molecular weight is 385 g/mol. The third-order valence-corrected chi connectivity index (χ3v) is 3.63. The van der Waals surface area contributed by atoms with Crippen LogP contribution in [-0.2, 0) is 21.6 Å². The molecule has 13 nitrogen and oxygen atoms in total. The lowest BCUT2D eigenvalue weighted by Gasteiger charge is -2.18. The number of nitro groups is 1. The summed E-state index contributed by atoms with van der Waals surface area (Å²) in [7, 11) is -1.39. The van der Waals surface area contributed by atoms with Crippen LogP contribution in [0.5, 0.6) is 0 Å². The van der Waals surface area contributed by atoms with E-state index in [1.165, 1.54) is 41.0 Å². The van der Waals surface area contributed by atoms with Gasteiger partial charge in [-0.25, -0.2) is 4.18 Å². The molecule has 2 rings (SSSR count). The first-order chi connectivity index (χ1) is 12.2. The average Bonchev–Trinajstić information content (AvgIpc) is 2.96. The smallest absolute Gasteiger partial charge is 0.367 e. The van der Waals surface area contributed by atoms with E-state index in [1.54, 1.807) is 7.05 Å². The second-order valence-corrected chi connectivity index (χ2v) is 6.13. The van der Waals surface area contributed by atoms with Gasteiger partial charge < -0.3 is 9.47 Å². The van der Waals surface area contributed by atoms with Crippen molar-refractivity contribution < 1.29 is 22.1 Å². The summed E-state index contributed by atoms with van der Waals surface area (Å²) < 4.78 is 35.3. The van der Waals surface area contributed by atoms with Gasteiger partial charge in [-0.3, -0.25) is 14.7 Å². The van der Waals surface area contributed by atoms with Crippen LogP contribution in [0.3, 0.4) is 0 Å². The van der Waals surface area contributed by atoms with Crippen molar-refractivity contribution in [3.8, 4) is 0 Å². The molecule has 0 saturated carbocycles. The lowest BCUT2D eigenvalue weighted by molar-refractivity contribution is -0.384. The molecule has 0 fully saturated rings. The van der Waals surface area contributed by atoms with Gasteiger partial charge >= 0.3 is 10.4 Å². The first-order valence-corrected chi connectivity index (χ1v) is 8.41. The van der Waals surface area contributed by atoms with Crippen LogP contribution in [0.1, 0.15) is 0 Å². The van der Waals surface area contributed by atoms with Crippen LogP contribution < -0.4 is 4.90 Å². The summed E-state index contributed by atoms with van der Waals surface area (Å²) in [6.45, 7) is -0.388. The van der Waals surface area contributed by atoms with Gasteiger partial charge in [-0.15, -0.1) is 20.4 Å². The van der Waals surface area contributed by atoms with E-state index in [1.807, 2.05) is 0 Å². The number of nitro benzene ring substituents is 1. The molecule has 0 atom stereocenters. The molecule has 0 aliphatic heterocycles. The van der Waals surface area contributed by atoms with Crippen LogP contribution in [0.2, 0.25) is 0 Å². The van der Waals surface area contributed by atoms with Crippen LogP contribution in [0.15, 0.2) is 34.8 Å². The maximum absolute atomic E-state index is 11.3.